The number of sulfonamides is 1. The van der Waals surface area contributed by atoms with Gasteiger partial charge in [0.15, 0.2) is 5.82 Å². The van der Waals surface area contributed by atoms with Crippen molar-refractivity contribution in [2.45, 2.75) is 25.7 Å². The third-order valence-corrected chi connectivity index (χ3v) is 6.55. The van der Waals surface area contributed by atoms with E-state index in [1.807, 2.05) is 6.92 Å². The van der Waals surface area contributed by atoms with Crippen molar-refractivity contribution in [3.8, 4) is 0 Å². The maximum absolute atomic E-state index is 13.5. The average molecular weight is 484 g/mol. The summed E-state index contributed by atoms with van der Waals surface area (Å²) in [4.78, 5) is 16.4. The largest absolute Gasteiger partial charge is 0.462 e. The number of carbonyl (C=O) groups excluding carboxylic acids is 1. The lowest BCUT2D eigenvalue weighted by Crippen LogP contribution is -2.13. The number of rotatable bonds is 7. The molecule has 0 amide bonds. The van der Waals surface area contributed by atoms with Crippen LogP contribution in [0.3, 0.4) is 0 Å². The first-order valence-corrected chi connectivity index (χ1v) is 11.8. The summed E-state index contributed by atoms with van der Waals surface area (Å²) in [6.45, 7) is 5.60. The summed E-state index contributed by atoms with van der Waals surface area (Å²) in [5, 5.41) is 7.37. The van der Waals surface area contributed by atoms with Gasteiger partial charge in [0.25, 0.3) is 10.0 Å². The van der Waals surface area contributed by atoms with E-state index in [-0.39, 0.29) is 17.2 Å². The number of halogens is 1. The topological polar surface area (TPSA) is 115 Å². The molecule has 2 aromatic heterocycles. The Kier molecular flexibility index (Phi) is 6.20. The lowest BCUT2D eigenvalue weighted by atomic mass is 10.1. The Balaban J connectivity index is 1.68. The zero-order valence-corrected chi connectivity index (χ0v) is 19.5. The fraction of sp³-hybridized carbons (Fsp3) is 0.174. The third kappa shape index (κ3) is 4.55. The van der Waals surface area contributed by atoms with Crippen molar-refractivity contribution in [2.75, 3.05) is 16.6 Å². The zero-order valence-electron chi connectivity index (χ0n) is 18.7. The number of hydrogen-bond donors (Lipinski definition) is 2. The Morgan fingerprint density at radius 3 is 2.71 bits per heavy atom. The summed E-state index contributed by atoms with van der Waals surface area (Å²) in [6.07, 6.45) is 2.92. The van der Waals surface area contributed by atoms with Gasteiger partial charge in [-0.3, -0.25) is 4.72 Å². The molecule has 0 aliphatic rings. The standard InChI is InChI=1S/C23H22FN5O4S/c1-4-33-23(30)19-12-29-21(15(19)3)22(25-13-26-29)27-20-11-17(9-8-14(20)2)28-34(31,32)18-7-5-6-16(24)10-18/h5-13,28H,4H2,1-3H3,(H,25,26,27). The monoisotopic (exact) mass is 483 g/mol. The van der Waals surface area contributed by atoms with Crippen molar-refractivity contribution in [2.24, 2.45) is 0 Å². The fourth-order valence-electron chi connectivity index (χ4n) is 3.46. The van der Waals surface area contributed by atoms with Crippen molar-refractivity contribution < 1.29 is 22.3 Å². The first kappa shape index (κ1) is 23.2. The average Bonchev–Trinajstić information content (AvgIpc) is 3.13. The summed E-state index contributed by atoms with van der Waals surface area (Å²) in [5.74, 6) is -0.677. The smallest absolute Gasteiger partial charge is 0.340 e. The second-order valence-electron chi connectivity index (χ2n) is 7.51. The molecular formula is C23H22FN5O4S. The van der Waals surface area contributed by atoms with Gasteiger partial charge in [0, 0.05) is 11.9 Å². The molecule has 2 N–H and O–H groups in total. The van der Waals surface area contributed by atoms with Crippen molar-refractivity contribution >= 4 is 38.7 Å². The van der Waals surface area contributed by atoms with Crippen LogP contribution < -0.4 is 10.0 Å². The zero-order chi connectivity index (χ0) is 24.5. The molecule has 2 heterocycles. The van der Waals surface area contributed by atoms with Gasteiger partial charge in [-0.2, -0.15) is 5.10 Å². The molecule has 0 fully saturated rings. The molecule has 0 unspecified atom stereocenters. The molecule has 34 heavy (non-hydrogen) atoms. The molecule has 0 aliphatic carbocycles. The normalized spacial score (nSPS) is 11.4. The molecule has 11 heteroatoms. The van der Waals surface area contributed by atoms with Crippen LogP contribution in [0.4, 0.5) is 21.6 Å². The van der Waals surface area contributed by atoms with Gasteiger partial charge in [-0.05, 0) is 62.2 Å². The van der Waals surface area contributed by atoms with Gasteiger partial charge in [-0.1, -0.05) is 12.1 Å². The minimum Gasteiger partial charge on any atom is -0.462 e. The second-order valence-corrected chi connectivity index (χ2v) is 9.19. The number of fused-ring (bicyclic) bond motifs is 1. The van der Waals surface area contributed by atoms with E-state index >= 15 is 0 Å². The number of nitrogens with zero attached hydrogens (tertiary/aromatic N) is 3. The van der Waals surface area contributed by atoms with Crippen LogP contribution in [0.15, 0.2) is 59.9 Å². The quantitative estimate of drug-likeness (QED) is 0.379. The summed E-state index contributed by atoms with van der Waals surface area (Å²) < 4.78 is 48.0. The predicted molar refractivity (Wildman–Crippen MR) is 125 cm³/mol. The molecule has 0 saturated heterocycles. The highest BCUT2D eigenvalue weighted by Gasteiger charge is 2.20. The highest BCUT2D eigenvalue weighted by Crippen LogP contribution is 2.29. The van der Waals surface area contributed by atoms with E-state index in [9.17, 15) is 17.6 Å². The highest BCUT2D eigenvalue weighted by molar-refractivity contribution is 7.92. The maximum Gasteiger partial charge on any atom is 0.340 e. The molecule has 0 spiro atoms. The van der Waals surface area contributed by atoms with Crippen LogP contribution in [0.2, 0.25) is 0 Å². The van der Waals surface area contributed by atoms with Crippen molar-refractivity contribution in [1.29, 1.82) is 0 Å². The molecule has 176 valence electrons. The van der Waals surface area contributed by atoms with Crippen LogP contribution >= 0.6 is 0 Å². The van der Waals surface area contributed by atoms with Gasteiger partial charge in [0.2, 0.25) is 0 Å². The lowest BCUT2D eigenvalue weighted by molar-refractivity contribution is 0.0525. The Morgan fingerprint density at radius 1 is 1.18 bits per heavy atom. The van der Waals surface area contributed by atoms with Gasteiger partial charge in [0.05, 0.1) is 22.8 Å². The number of aryl methyl sites for hydroxylation is 2. The first-order valence-electron chi connectivity index (χ1n) is 10.4. The molecular weight excluding hydrogens is 461 g/mol. The molecule has 0 radical (unpaired) electrons. The van der Waals surface area contributed by atoms with Crippen LogP contribution in [0, 0.1) is 19.7 Å². The number of carbonyl (C=O) groups is 1. The van der Waals surface area contributed by atoms with E-state index in [2.05, 4.69) is 20.1 Å². The summed E-state index contributed by atoms with van der Waals surface area (Å²) >= 11 is 0. The third-order valence-electron chi connectivity index (χ3n) is 5.17. The van der Waals surface area contributed by atoms with E-state index in [1.165, 1.54) is 29.0 Å². The first-order chi connectivity index (χ1) is 16.2. The summed E-state index contributed by atoms with van der Waals surface area (Å²) in [5.41, 5.74) is 3.27. The van der Waals surface area contributed by atoms with E-state index in [1.54, 1.807) is 38.2 Å². The maximum atomic E-state index is 13.5. The fourth-order valence-corrected chi connectivity index (χ4v) is 4.54. The molecule has 4 aromatic rings. The van der Waals surface area contributed by atoms with Gasteiger partial charge in [-0.15, -0.1) is 0 Å². The summed E-state index contributed by atoms with van der Waals surface area (Å²) in [6, 6.07) is 9.71. The molecule has 4 rings (SSSR count). The Bertz CT molecular complexity index is 1500. The number of hydrogen-bond acceptors (Lipinski definition) is 7. The number of esters is 1. The van der Waals surface area contributed by atoms with E-state index in [4.69, 9.17) is 4.74 Å². The van der Waals surface area contributed by atoms with E-state index < -0.39 is 21.8 Å². The molecule has 0 aliphatic heterocycles. The molecule has 0 bridgehead atoms. The number of nitrogens with one attached hydrogen (secondary N) is 2. The molecule has 0 atom stereocenters. The molecule has 0 saturated carbocycles. The minimum atomic E-state index is -3.99. The lowest BCUT2D eigenvalue weighted by Gasteiger charge is -2.14. The van der Waals surface area contributed by atoms with Crippen LogP contribution in [0.1, 0.15) is 28.4 Å². The van der Waals surface area contributed by atoms with Gasteiger partial charge in [-0.25, -0.2) is 27.1 Å². The van der Waals surface area contributed by atoms with Gasteiger partial charge >= 0.3 is 5.97 Å². The van der Waals surface area contributed by atoms with Gasteiger partial charge in [0.1, 0.15) is 17.7 Å². The van der Waals surface area contributed by atoms with Crippen LogP contribution in [-0.4, -0.2) is 35.6 Å². The number of ether oxygens (including phenoxy) is 1. The number of aromatic nitrogens is 3. The number of benzene rings is 2. The van der Waals surface area contributed by atoms with E-state index in [0.717, 1.165) is 11.6 Å². The van der Waals surface area contributed by atoms with Crippen molar-refractivity contribution in [3.63, 3.8) is 0 Å². The van der Waals surface area contributed by atoms with Crippen LogP contribution in [0.25, 0.3) is 5.52 Å². The van der Waals surface area contributed by atoms with Crippen molar-refractivity contribution in [3.05, 3.63) is 77.5 Å². The van der Waals surface area contributed by atoms with Gasteiger partial charge < -0.3 is 10.1 Å². The SMILES string of the molecule is CCOC(=O)c1cn2ncnc(Nc3cc(NS(=O)(=O)c4cccc(F)c4)ccc3C)c2c1C. The highest BCUT2D eigenvalue weighted by atomic mass is 32.2. The molecule has 9 nitrogen and oxygen atoms in total. The number of anilines is 3. The summed E-state index contributed by atoms with van der Waals surface area (Å²) in [7, 11) is -3.99. The van der Waals surface area contributed by atoms with Crippen LogP contribution in [-0.2, 0) is 14.8 Å². The minimum absolute atomic E-state index is 0.185. The Morgan fingerprint density at radius 2 is 1.97 bits per heavy atom. The van der Waals surface area contributed by atoms with E-state index in [0.29, 0.717) is 28.1 Å². The molecule has 2 aromatic carbocycles. The van der Waals surface area contributed by atoms with Crippen molar-refractivity contribution in [1.82, 2.24) is 14.6 Å². The predicted octanol–water partition coefficient (Wildman–Crippen LogP) is 4.21. The Labute approximate surface area is 195 Å². The second kappa shape index (κ2) is 9.10. The Hall–Kier alpha value is -3.99. The van der Waals surface area contributed by atoms with Crippen LogP contribution in [0.5, 0.6) is 0 Å².